The van der Waals surface area contributed by atoms with Crippen molar-refractivity contribution in [3.05, 3.63) is 35.8 Å². The number of carboxylic acid groups (broad SMARTS) is 1. The molecule has 1 aliphatic rings. The van der Waals surface area contributed by atoms with Gasteiger partial charge in [0.1, 0.15) is 5.56 Å². The third-order valence-electron chi connectivity index (χ3n) is 3.40. The van der Waals surface area contributed by atoms with E-state index in [1.165, 1.54) is 12.8 Å². The molecule has 0 amide bonds. The van der Waals surface area contributed by atoms with Gasteiger partial charge < -0.3 is 14.8 Å². The summed E-state index contributed by atoms with van der Waals surface area (Å²) in [7, 11) is 0. The highest BCUT2D eigenvalue weighted by molar-refractivity contribution is 5.94. The van der Waals surface area contributed by atoms with Crippen LogP contribution in [-0.2, 0) is 0 Å². The SMILES string of the molecule is O=C(O)c1cccn2cc(C3CCCCN3)nc12. The van der Waals surface area contributed by atoms with E-state index in [0.29, 0.717) is 5.65 Å². The summed E-state index contributed by atoms with van der Waals surface area (Å²) in [6, 6.07) is 3.57. The Morgan fingerprint density at radius 2 is 2.39 bits per heavy atom. The van der Waals surface area contributed by atoms with Gasteiger partial charge >= 0.3 is 5.97 Å². The quantitative estimate of drug-likeness (QED) is 0.847. The number of imidazole rings is 1. The van der Waals surface area contributed by atoms with E-state index < -0.39 is 5.97 Å². The first-order valence-corrected chi connectivity index (χ1v) is 6.20. The van der Waals surface area contributed by atoms with Crippen LogP contribution in [0.1, 0.15) is 41.4 Å². The van der Waals surface area contributed by atoms with Gasteiger partial charge in [-0.1, -0.05) is 6.42 Å². The molecule has 1 atom stereocenters. The second-order valence-corrected chi connectivity index (χ2v) is 4.63. The van der Waals surface area contributed by atoms with Crippen LogP contribution < -0.4 is 5.32 Å². The minimum absolute atomic E-state index is 0.250. The molecule has 3 rings (SSSR count). The lowest BCUT2D eigenvalue weighted by Gasteiger charge is -2.21. The minimum atomic E-state index is -0.936. The molecule has 0 radical (unpaired) electrons. The van der Waals surface area contributed by atoms with E-state index in [4.69, 9.17) is 5.11 Å². The second-order valence-electron chi connectivity index (χ2n) is 4.63. The highest BCUT2D eigenvalue weighted by Gasteiger charge is 2.19. The molecule has 2 aromatic rings. The van der Waals surface area contributed by atoms with Gasteiger partial charge in [-0.3, -0.25) is 0 Å². The lowest BCUT2D eigenvalue weighted by atomic mass is 10.0. The maximum Gasteiger partial charge on any atom is 0.339 e. The molecule has 3 heterocycles. The number of nitrogens with one attached hydrogen (secondary N) is 1. The second kappa shape index (κ2) is 4.42. The minimum Gasteiger partial charge on any atom is -0.478 e. The van der Waals surface area contributed by atoms with Crippen LogP contribution in [0, 0.1) is 0 Å². The smallest absolute Gasteiger partial charge is 0.339 e. The van der Waals surface area contributed by atoms with Gasteiger partial charge in [-0.25, -0.2) is 9.78 Å². The zero-order valence-electron chi connectivity index (χ0n) is 9.97. The van der Waals surface area contributed by atoms with Gasteiger partial charge in [-0.05, 0) is 31.5 Å². The number of aromatic nitrogens is 2. The first kappa shape index (κ1) is 11.2. The van der Waals surface area contributed by atoms with Crippen LogP contribution in [0.4, 0.5) is 0 Å². The molecule has 1 aliphatic heterocycles. The highest BCUT2D eigenvalue weighted by atomic mass is 16.4. The number of hydrogen-bond acceptors (Lipinski definition) is 3. The van der Waals surface area contributed by atoms with Gasteiger partial charge in [0.25, 0.3) is 0 Å². The molecule has 5 heteroatoms. The fraction of sp³-hybridized carbons (Fsp3) is 0.385. The van der Waals surface area contributed by atoms with Crippen molar-refractivity contribution in [3.8, 4) is 0 Å². The van der Waals surface area contributed by atoms with Crippen molar-refractivity contribution in [2.24, 2.45) is 0 Å². The van der Waals surface area contributed by atoms with Crippen LogP contribution in [0.3, 0.4) is 0 Å². The lowest BCUT2D eigenvalue weighted by molar-refractivity contribution is 0.0698. The number of nitrogens with zero attached hydrogens (tertiary/aromatic N) is 2. The highest BCUT2D eigenvalue weighted by Crippen LogP contribution is 2.23. The summed E-state index contributed by atoms with van der Waals surface area (Å²) < 4.78 is 1.79. The van der Waals surface area contributed by atoms with Crippen LogP contribution in [0.2, 0.25) is 0 Å². The summed E-state index contributed by atoms with van der Waals surface area (Å²) >= 11 is 0. The van der Waals surface area contributed by atoms with Gasteiger partial charge in [0.2, 0.25) is 0 Å². The molecule has 1 saturated heterocycles. The zero-order valence-corrected chi connectivity index (χ0v) is 9.97. The third-order valence-corrected chi connectivity index (χ3v) is 3.40. The van der Waals surface area contributed by atoms with Gasteiger partial charge in [-0.15, -0.1) is 0 Å². The van der Waals surface area contributed by atoms with Crippen molar-refractivity contribution in [2.45, 2.75) is 25.3 Å². The summed E-state index contributed by atoms with van der Waals surface area (Å²) in [6.45, 7) is 1.00. The molecule has 5 nitrogen and oxygen atoms in total. The molecule has 0 aromatic carbocycles. The van der Waals surface area contributed by atoms with E-state index in [-0.39, 0.29) is 11.6 Å². The Bertz CT molecular complexity index is 585. The Balaban J connectivity index is 2.04. The number of rotatable bonds is 2. The van der Waals surface area contributed by atoms with E-state index in [1.54, 1.807) is 16.5 Å². The Morgan fingerprint density at radius 3 is 3.11 bits per heavy atom. The number of hydrogen-bond donors (Lipinski definition) is 2. The molecule has 18 heavy (non-hydrogen) atoms. The topological polar surface area (TPSA) is 66.6 Å². The molecular formula is C13H15N3O2. The number of fused-ring (bicyclic) bond motifs is 1. The van der Waals surface area contributed by atoms with Gasteiger partial charge in [0.15, 0.2) is 5.65 Å². The molecule has 0 saturated carbocycles. The molecule has 0 aliphatic carbocycles. The van der Waals surface area contributed by atoms with E-state index in [1.807, 2.05) is 12.4 Å². The molecule has 2 N–H and O–H groups in total. The fourth-order valence-electron chi connectivity index (χ4n) is 2.47. The number of aromatic carboxylic acids is 1. The first-order valence-electron chi connectivity index (χ1n) is 6.20. The number of carboxylic acids is 1. The van der Waals surface area contributed by atoms with Crippen molar-refractivity contribution in [2.75, 3.05) is 6.54 Å². The van der Waals surface area contributed by atoms with Gasteiger partial charge in [-0.2, -0.15) is 0 Å². The Hall–Kier alpha value is -1.88. The van der Waals surface area contributed by atoms with Crippen molar-refractivity contribution < 1.29 is 9.90 Å². The Kier molecular flexibility index (Phi) is 2.76. The van der Waals surface area contributed by atoms with Crippen LogP contribution >= 0.6 is 0 Å². The summed E-state index contributed by atoms with van der Waals surface area (Å²) in [6.07, 6.45) is 7.21. The molecule has 94 valence electrons. The summed E-state index contributed by atoms with van der Waals surface area (Å²) in [5.41, 5.74) is 1.70. The zero-order chi connectivity index (χ0) is 12.5. The summed E-state index contributed by atoms with van der Waals surface area (Å²) in [5, 5.41) is 12.6. The monoisotopic (exact) mass is 245 g/mol. The molecular weight excluding hydrogens is 230 g/mol. The normalized spacial score (nSPS) is 20.1. The standard InChI is InChI=1S/C13H15N3O2/c17-13(18)9-4-3-7-16-8-11(15-12(9)16)10-5-1-2-6-14-10/h3-4,7-8,10,14H,1-2,5-6H2,(H,17,18). The predicted molar refractivity (Wildman–Crippen MR) is 66.7 cm³/mol. The van der Waals surface area contributed by atoms with Crippen molar-refractivity contribution in [1.82, 2.24) is 14.7 Å². The fourth-order valence-corrected chi connectivity index (χ4v) is 2.47. The van der Waals surface area contributed by atoms with Gasteiger partial charge in [0.05, 0.1) is 11.7 Å². The number of pyridine rings is 1. The average Bonchev–Trinajstić information content (AvgIpc) is 2.83. The predicted octanol–water partition coefficient (Wildman–Crippen LogP) is 1.85. The molecule has 2 aromatic heterocycles. The van der Waals surface area contributed by atoms with Crippen LogP contribution in [0.5, 0.6) is 0 Å². The third kappa shape index (κ3) is 1.86. The maximum atomic E-state index is 11.1. The van der Waals surface area contributed by atoms with Crippen molar-refractivity contribution >= 4 is 11.6 Å². The lowest BCUT2D eigenvalue weighted by Crippen LogP contribution is -2.26. The average molecular weight is 245 g/mol. The molecule has 1 unspecified atom stereocenters. The molecule has 1 fully saturated rings. The van der Waals surface area contributed by atoms with E-state index >= 15 is 0 Å². The Labute approximate surface area is 104 Å². The van der Waals surface area contributed by atoms with Crippen LogP contribution in [0.15, 0.2) is 24.5 Å². The van der Waals surface area contributed by atoms with E-state index in [2.05, 4.69) is 10.3 Å². The molecule has 0 spiro atoms. The summed E-state index contributed by atoms with van der Waals surface area (Å²) in [5.74, 6) is -0.936. The van der Waals surface area contributed by atoms with Crippen molar-refractivity contribution in [1.29, 1.82) is 0 Å². The number of carbonyl (C=O) groups is 1. The maximum absolute atomic E-state index is 11.1. The number of piperidine rings is 1. The van der Waals surface area contributed by atoms with Crippen LogP contribution in [0.25, 0.3) is 5.65 Å². The van der Waals surface area contributed by atoms with E-state index in [9.17, 15) is 4.79 Å². The van der Waals surface area contributed by atoms with Gasteiger partial charge in [0, 0.05) is 12.4 Å². The summed E-state index contributed by atoms with van der Waals surface area (Å²) in [4.78, 5) is 15.6. The van der Waals surface area contributed by atoms with Crippen LogP contribution in [-0.4, -0.2) is 27.0 Å². The largest absolute Gasteiger partial charge is 0.478 e. The van der Waals surface area contributed by atoms with E-state index in [0.717, 1.165) is 18.7 Å². The Morgan fingerprint density at radius 1 is 1.50 bits per heavy atom. The first-order chi connectivity index (χ1) is 8.75. The van der Waals surface area contributed by atoms with Crippen molar-refractivity contribution in [3.63, 3.8) is 0 Å². The molecule has 0 bridgehead atoms.